The van der Waals surface area contributed by atoms with Crippen LogP contribution in [-0.4, -0.2) is 36.0 Å². The van der Waals surface area contributed by atoms with Gasteiger partial charge in [-0.2, -0.15) is 0 Å². The fourth-order valence-corrected chi connectivity index (χ4v) is 2.37. The Hall–Kier alpha value is -1.51. The van der Waals surface area contributed by atoms with Crippen molar-refractivity contribution in [2.24, 2.45) is 5.92 Å². The lowest BCUT2D eigenvalue weighted by Gasteiger charge is -2.33. The fourth-order valence-electron chi connectivity index (χ4n) is 2.37. The number of carbonyl (C=O) groups excluding carboxylic acids is 1. The quantitative estimate of drug-likeness (QED) is 0.787. The van der Waals surface area contributed by atoms with Gasteiger partial charge in [0.15, 0.2) is 0 Å². The van der Waals surface area contributed by atoms with Crippen LogP contribution >= 0.6 is 0 Å². The third kappa shape index (κ3) is 3.25. The van der Waals surface area contributed by atoms with E-state index >= 15 is 0 Å². The molecule has 18 heavy (non-hydrogen) atoms. The van der Waals surface area contributed by atoms with E-state index in [2.05, 4.69) is 19.1 Å². The lowest BCUT2D eigenvalue weighted by molar-refractivity contribution is 0.141. The van der Waals surface area contributed by atoms with Gasteiger partial charge < -0.3 is 9.80 Å². The van der Waals surface area contributed by atoms with E-state index < -0.39 is 0 Å². The van der Waals surface area contributed by atoms with E-state index in [1.165, 1.54) is 5.56 Å². The van der Waals surface area contributed by atoms with Crippen molar-refractivity contribution in [2.75, 3.05) is 20.1 Å². The molecule has 0 bridgehead atoms. The molecule has 2 amide bonds. The molecule has 1 aliphatic rings. The average Bonchev–Trinajstić information content (AvgIpc) is 2.40. The van der Waals surface area contributed by atoms with Gasteiger partial charge in [0.2, 0.25) is 0 Å². The first-order chi connectivity index (χ1) is 8.66. The predicted octanol–water partition coefficient (Wildman–Crippen LogP) is 2.97. The van der Waals surface area contributed by atoms with Crippen molar-refractivity contribution in [2.45, 2.75) is 26.3 Å². The molecule has 0 radical (unpaired) electrons. The summed E-state index contributed by atoms with van der Waals surface area (Å²) in [6, 6.07) is 10.3. The van der Waals surface area contributed by atoms with Crippen LogP contribution in [0.5, 0.6) is 0 Å². The summed E-state index contributed by atoms with van der Waals surface area (Å²) in [5.41, 5.74) is 1.18. The van der Waals surface area contributed by atoms with Crippen LogP contribution in [0.15, 0.2) is 30.3 Å². The maximum Gasteiger partial charge on any atom is 0.320 e. The van der Waals surface area contributed by atoms with Crippen molar-refractivity contribution in [3.05, 3.63) is 35.9 Å². The van der Waals surface area contributed by atoms with Crippen molar-refractivity contribution in [3.63, 3.8) is 0 Å². The number of benzene rings is 1. The van der Waals surface area contributed by atoms with Crippen molar-refractivity contribution >= 4 is 6.03 Å². The summed E-state index contributed by atoms with van der Waals surface area (Å²) in [6.07, 6.45) is 2.26. The molecule has 1 fully saturated rings. The maximum atomic E-state index is 12.3. The number of piperidine rings is 1. The first-order valence-corrected chi connectivity index (χ1v) is 6.71. The zero-order valence-electron chi connectivity index (χ0n) is 11.3. The summed E-state index contributed by atoms with van der Waals surface area (Å²) in [7, 11) is 1.88. The minimum atomic E-state index is 0.158. The number of amides is 2. The number of likely N-dealkylation sites (tertiary alicyclic amines) is 1. The van der Waals surface area contributed by atoms with Crippen molar-refractivity contribution in [1.29, 1.82) is 0 Å². The lowest BCUT2D eigenvalue weighted by Crippen LogP contribution is -2.44. The van der Waals surface area contributed by atoms with Gasteiger partial charge in [-0.1, -0.05) is 37.3 Å². The molecule has 0 saturated carbocycles. The fraction of sp³-hybridized carbons (Fsp3) is 0.533. The lowest BCUT2D eigenvalue weighted by atomic mass is 10.00. The number of urea groups is 1. The van der Waals surface area contributed by atoms with E-state index in [9.17, 15) is 4.79 Å². The van der Waals surface area contributed by atoms with Gasteiger partial charge in [-0.25, -0.2) is 4.79 Å². The molecule has 1 aliphatic heterocycles. The zero-order valence-corrected chi connectivity index (χ0v) is 11.3. The Morgan fingerprint density at radius 1 is 1.28 bits per heavy atom. The van der Waals surface area contributed by atoms with E-state index in [0.29, 0.717) is 6.54 Å². The van der Waals surface area contributed by atoms with Crippen LogP contribution in [0.1, 0.15) is 25.3 Å². The van der Waals surface area contributed by atoms with E-state index in [1.54, 1.807) is 0 Å². The van der Waals surface area contributed by atoms with Crippen molar-refractivity contribution < 1.29 is 4.79 Å². The largest absolute Gasteiger partial charge is 0.325 e. The highest BCUT2D eigenvalue weighted by Crippen LogP contribution is 2.17. The van der Waals surface area contributed by atoms with Crippen LogP contribution in [0.2, 0.25) is 0 Å². The second kappa shape index (κ2) is 5.89. The van der Waals surface area contributed by atoms with E-state index in [1.807, 2.05) is 35.0 Å². The second-order valence-corrected chi connectivity index (χ2v) is 5.29. The van der Waals surface area contributed by atoms with Crippen molar-refractivity contribution in [1.82, 2.24) is 9.80 Å². The minimum Gasteiger partial charge on any atom is -0.325 e. The first-order valence-electron chi connectivity index (χ1n) is 6.71. The van der Waals surface area contributed by atoms with Gasteiger partial charge >= 0.3 is 6.03 Å². The third-order valence-electron chi connectivity index (χ3n) is 3.64. The molecular weight excluding hydrogens is 224 g/mol. The Bertz CT molecular complexity index is 383. The number of hydrogen-bond acceptors (Lipinski definition) is 1. The molecule has 3 heteroatoms. The number of rotatable bonds is 2. The molecule has 1 heterocycles. The van der Waals surface area contributed by atoms with Gasteiger partial charge in [-0.3, -0.25) is 0 Å². The van der Waals surface area contributed by atoms with Crippen LogP contribution in [-0.2, 0) is 6.54 Å². The summed E-state index contributed by atoms with van der Waals surface area (Å²) in [4.78, 5) is 16.0. The maximum absolute atomic E-state index is 12.3. The molecule has 0 atom stereocenters. The summed E-state index contributed by atoms with van der Waals surface area (Å²) >= 11 is 0. The van der Waals surface area contributed by atoms with Gasteiger partial charge in [0.25, 0.3) is 0 Å². The Morgan fingerprint density at radius 2 is 1.89 bits per heavy atom. The molecule has 0 aliphatic carbocycles. The van der Waals surface area contributed by atoms with Gasteiger partial charge in [0.1, 0.15) is 0 Å². The summed E-state index contributed by atoms with van der Waals surface area (Å²) in [5, 5.41) is 0. The molecule has 98 valence electrons. The number of hydrogen-bond donors (Lipinski definition) is 0. The Labute approximate surface area is 109 Å². The van der Waals surface area contributed by atoms with E-state index in [4.69, 9.17) is 0 Å². The normalized spacial score (nSPS) is 16.7. The number of carbonyl (C=O) groups is 1. The molecule has 1 aromatic rings. The SMILES string of the molecule is CC1CCN(C(=O)N(C)Cc2ccccc2)CC1. The van der Waals surface area contributed by atoms with Crippen molar-refractivity contribution in [3.8, 4) is 0 Å². The minimum absolute atomic E-state index is 0.158. The Kier molecular flexibility index (Phi) is 4.24. The molecular formula is C15H22N2O. The smallest absolute Gasteiger partial charge is 0.320 e. The Morgan fingerprint density at radius 3 is 2.50 bits per heavy atom. The van der Waals surface area contributed by atoms with Crippen LogP contribution in [0.4, 0.5) is 4.79 Å². The van der Waals surface area contributed by atoms with Crippen LogP contribution in [0.25, 0.3) is 0 Å². The third-order valence-corrected chi connectivity index (χ3v) is 3.64. The van der Waals surface area contributed by atoms with E-state index in [0.717, 1.165) is 31.8 Å². The Balaban J connectivity index is 1.89. The molecule has 1 saturated heterocycles. The number of nitrogens with zero attached hydrogens (tertiary/aromatic N) is 2. The molecule has 0 N–H and O–H groups in total. The van der Waals surface area contributed by atoms with Gasteiger partial charge in [-0.05, 0) is 24.3 Å². The molecule has 0 spiro atoms. The van der Waals surface area contributed by atoms with Crippen LogP contribution in [0.3, 0.4) is 0 Å². The molecule has 0 unspecified atom stereocenters. The highest BCUT2D eigenvalue weighted by atomic mass is 16.2. The molecule has 1 aromatic carbocycles. The summed E-state index contributed by atoms with van der Waals surface area (Å²) in [5.74, 6) is 0.758. The highest BCUT2D eigenvalue weighted by molar-refractivity contribution is 5.74. The average molecular weight is 246 g/mol. The first kappa shape index (κ1) is 12.9. The summed E-state index contributed by atoms with van der Waals surface area (Å²) in [6.45, 7) is 4.75. The monoisotopic (exact) mass is 246 g/mol. The second-order valence-electron chi connectivity index (χ2n) is 5.29. The predicted molar refractivity (Wildman–Crippen MR) is 73.3 cm³/mol. The summed E-state index contributed by atoms with van der Waals surface area (Å²) < 4.78 is 0. The van der Waals surface area contributed by atoms with Gasteiger partial charge in [0.05, 0.1) is 0 Å². The zero-order chi connectivity index (χ0) is 13.0. The van der Waals surface area contributed by atoms with E-state index in [-0.39, 0.29) is 6.03 Å². The molecule has 3 nitrogen and oxygen atoms in total. The topological polar surface area (TPSA) is 23.6 Å². The van der Waals surface area contributed by atoms with Gasteiger partial charge in [-0.15, -0.1) is 0 Å². The molecule has 0 aromatic heterocycles. The van der Waals surface area contributed by atoms with Crippen LogP contribution in [0, 0.1) is 5.92 Å². The highest BCUT2D eigenvalue weighted by Gasteiger charge is 2.22. The standard InChI is InChI=1S/C15H22N2O/c1-13-8-10-17(11-9-13)15(18)16(2)12-14-6-4-3-5-7-14/h3-7,13H,8-12H2,1-2H3. The van der Waals surface area contributed by atoms with Crippen LogP contribution < -0.4 is 0 Å². The van der Waals surface area contributed by atoms with Gasteiger partial charge in [0, 0.05) is 26.7 Å². The molecule has 2 rings (SSSR count).